The zero-order valence-electron chi connectivity index (χ0n) is 12.9. The topological polar surface area (TPSA) is 33.5 Å². The van der Waals surface area contributed by atoms with Gasteiger partial charge in [-0.25, -0.2) is 0 Å². The molecule has 0 N–H and O–H groups in total. The molecule has 112 valence electrons. The van der Waals surface area contributed by atoms with Crippen LogP contribution in [-0.2, 0) is 0 Å². The molecule has 0 bridgehead atoms. The minimum Gasteiger partial charge on any atom is -0.463 e. The number of fused-ring (bicyclic) bond motifs is 1. The molecular weight excluding hydrogens is 274 g/mol. The molecule has 0 radical (unpaired) electrons. The van der Waals surface area contributed by atoms with Crippen LogP contribution in [-0.4, -0.2) is 13.1 Å². The summed E-state index contributed by atoms with van der Waals surface area (Å²) in [7, 11) is 0. The number of anilines is 1. The average Bonchev–Trinajstić information content (AvgIpc) is 2.57. The van der Waals surface area contributed by atoms with Crippen LogP contribution in [0.4, 0.5) is 5.69 Å². The van der Waals surface area contributed by atoms with Crippen molar-refractivity contribution in [1.29, 1.82) is 0 Å². The molecule has 3 aromatic rings. The maximum absolute atomic E-state index is 12.6. The molecule has 3 nitrogen and oxygen atoms in total. The van der Waals surface area contributed by atoms with E-state index in [-0.39, 0.29) is 5.43 Å². The first-order valence-corrected chi connectivity index (χ1v) is 7.60. The first-order chi connectivity index (χ1) is 10.7. The van der Waals surface area contributed by atoms with Gasteiger partial charge in [0.1, 0.15) is 11.8 Å². The third kappa shape index (κ3) is 2.50. The molecule has 3 heteroatoms. The van der Waals surface area contributed by atoms with E-state index in [1.807, 2.05) is 30.3 Å². The van der Waals surface area contributed by atoms with Crippen LogP contribution in [0.3, 0.4) is 0 Å². The van der Waals surface area contributed by atoms with Crippen molar-refractivity contribution in [2.24, 2.45) is 0 Å². The maximum atomic E-state index is 12.6. The summed E-state index contributed by atoms with van der Waals surface area (Å²) in [6.45, 7) is 6.20. The Hall–Kier alpha value is -2.55. The summed E-state index contributed by atoms with van der Waals surface area (Å²) < 4.78 is 5.59. The molecule has 0 amide bonds. The Labute approximate surface area is 129 Å². The molecule has 3 rings (SSSR count). The van der Waals surface area contributed by atoms with E-state index in [1.54, 1.807) is 12.3 Å². The SMILES string of the molecule is CCN(CC)c1ccc(-c2coc3ccccc3c2=O)cc1. The number of benzene rings is 2. The van der Waals surface area contributed by atoms with Gasteiger partial charge in [0.15, 0.2) is 5.43 Å². The van der Waals surface area contributed by atoms with Gasteiger partial charge >= 0.3 is 0 Å². The highest BCUT2D eigenvalue weighted by molar-refractivity contribution is 5.81. The summed E-state index contributed by atoms with van der Waals surface area (Å²) in [5.41, 5.74) is 3.28. The first-order valence-electron chi connectivity index (χ1n) is 7.60. The lowest BCUT2D eigenvalue weighted by Crippen LogP contribution is -2.21. The van der Waals surface area contributed by atoms with Crippen LogP contribution >= 0.6 is 0 Å². The van der Waals surface area contributed by atoms with Gasteiger partial charge in [-0.05, 0) is 43.7 Å². The van der Waals surface area contributed by atoms with Crippen molar-refractivity contribution in [3.8, 4) is 11.1 Å². The zero-order chi connectivity index (χ0) is 15.5. The van der Waals surface area contributed by atoms with Crippen LogP contribution in [0.2, 0.25) is 0 Å². The van der Waals surface area contributed by atoms with Crippen molar-refractivity contribution in [3.05, 3.63) is 65.0 Å². The van der Waals surface area contributed by atoms with Crippen molar-refractivity contribution in [3.63, 3.8) is 0 Å². The van der Waals surface area contributed by atoms with Gasteiger partial charge in [-0.3, -0.25) is 4.79 Å². The average molecular weight is 293 g/mol. The van der Waals surface area contributed by atoms with E-state index < -0.39 is 0 Å². The van der Waals surface area contributed by atoms with E-state index in [1.165, 1.54) is 5.69 Å². The number of rotatable bonds is 4. The third-order valence-electron chi connectivity index (χ3n) is 3.99. The number of hydrogen-bond acceptors (Lipinski definition) is 3. The Balaban J connectivity index is 2.05. The molecule has 0 aliphatic carbocycles. The van der Waals surface area contributed by atoms with Crippen LogP contribution in [0.1, 0.15) is 13.8 Å². The first kappa shape index (κ1) is 14.4. The molecule has 0 aliphatic heterocycles. The molecule has 2 aromatic carbocycles. The van der Waals surface area contributed by atoms with E-state index in [0.717, 1.165) is 18.7 Å². The van der Waals surface area contributed by atoms with Gasteiger partial charge in [-0.1, -0.05) is 24.3 Å². The summed E-state index contributed by atoms with van der Waals surface area (Å²) in [5.74, 6) is 0. The molecule has 1 aromatic heterocycles. The summed E-state index contributed by atoms with van der Waals surface area (Å²) in [6.07, 6.45) is 1.55. The van der Waals surface area contributed by atoms with Crippen molar-refractivity contribution < 1.29 is 4.42 Å². The molecule has 1 heterocycles. The van der Waals surface area contributed by atoms with E-state index in [2.05, 4.69) is 30.9 Å². The van der Waals surface area contributed by atoms with Gasteiger partial charge in [0.05, 0.1) is 10.9 Å². The Bertz CT molecular complexity index is 830. The van der Waals surface area contributed by atoms with E-state index in [9.17, 15) is 4.79 Å². The highest BCUT2D eigenvalue weighted by Crippen LogP contribution is 2.23. The largest absolute Gasteiger partial charge is 0.463 e. The predicted molar refractivity (Wildman–Crippen MR) is 91.5 cm³/mol. The molecule has 0 aliphatic rings. The van der Waals surface area contributed by atoms with E-state index in [4.69, 9.17) is 4.42 Å². The Morgan fingerprint density at radius 2 is 1.64 bits per heavy atom. The van der Waals surface area contributed by atoms with Gasteiger partial charge in [0.25, 0.3) is 0 Å². The minimum absolute atomic E-state index is 0.0115. The van der Waals surface area contributed by atoms with Crippen LogP contribution in [0.5, 0.6) is 0 Å². The highest BCUT2D eigenvalue weighted by atomic mass is 16.3. The van der Waals surface area contributed by atoms with Gasteiger partial charge < -0.3 is 9.32 Å². The van der Waals surface area contributed by atoms with Gasteiger partial charge in [-0.2, -0.15) is 0 Å². The minimum atomic E-state index is 0.0115. The number of hydrogen-bond donors (Lipinski definition) is 0. The van der Waals surface area contributed by atoms with Crippen LogP contribution in [0.25, 0.3) is 22.1 Å². The summed E-state index contributed by atoms with van der Waals surface area (Å²) in [4.78, 5) is 14.9. The second kappa shape index (κ2) is 6.06. The van der Waals surface area contributed by atoms with Crippen LogP contribution in [0.15, 0.2) is 64.0 Å². The summed E-state index contributed by atoms with van der Waals surface area (Å²) in [6, 6.07) is 15.4. The van der Waals surface area contributed by atoms with Crippen molar-refractivity contribution in [2.75, 3.05) is 18.0 Å². The van der Waals surface area contributed by atoms with Crippen molar-refractivity contribution in [2.45, 2.75) is 13.8 Å². The fraction of sp³-hybridized carbons (Fsp3) is 0.211. The Morgan fingerprint density at radius 1 is 0.955 bits per heavy atom. The van der Waals surface area contributed by atoms with Gasteiger partial charge in [-0.15, -0.1) is 0 Å². The van der Waals surface area contributed by atoms with Gasteiger partial charge in [0.2, 0.25) is 0 Å². The van der Waals surface area contributed by atoms with Crippen molar-refractivity contribution in [1.82, 2.24) is 0 Å². The molecule has 0 saturated heterocycles. The van der Waals surface area contributed by atoms with Gasteiger partial charge in [0, 0.05) is 18.8 Å². The molecule has 0 fully saturated rings. The predicted octanol–water partition coefficient (Wildman–Crippen LogP) is 4.31. The van der Waals surface area contributed by atoms with Crippen molar-refractivity contribution >= 4 is 16.7 Å². The summed E-state index contributed by atoms with van der Waals surface area (Å²) >= 11 is 0. The third-order valence-corrected chi connectivity index (χ3v) is 3.99. The standard InChI is InChI=1S/C19H19NO2/c1-3-20(4-2)15-11-9-14(10-12-15)17-13-22-18-8-6-5-7-16(18)19(17)21/h5-13H,3-4H2,1-2H3. The smallest absolute Gasteiger partial charge is 0.200 e. The van der Waals surface area contributed by atoms with Crippen LogP contribution in [0, 0.1) is 0 Å². The molecular formula is C19H19NO2. The molecule has 0 unspecified atom stereocenters. The molecule has 0 saturated carbocycles. The quantitative estimate of drug-likeness (QED) is 0.719. The number of para-hydroxylation sites is 1. The fourth-order valence-electron chi connectivity index (χ4n) is 2.72. The molecule has 0 atom stereocenters. The second-order valence-corrected chi connectivity index (χ2v) is 5.19. The normalized spacial score (nSPS) is 10.8. The number of nitrogens with zero attached hydrogens (tertiary/aromatic N) is 1. The Morgan fingerprint density at radius 3 is 2.32 bits per heavy atom. The van der Waals surface area contributed by atoms with E-state index >= 15 is 0 Å². The fourth-order valence-corrected chi connectivity index (χ4v) is 2.72. The highest BCUT2D eigenvalue weighted by Gasteiger charge is 2.09. The maximum Gasteiger partial charge on any atom is 0.200 e. The summed E-state index contributed by atoms with van der Waals surface area (Å²) in [5, 5.41) is 0.618. The lowest BCUT2D eigenvalue weighted by Gasteiger charge is -2.21. The molecule has 22 heavy (non-hydrogen) atoms. The zero-order valence-corrected chi connectivity index (χ0v) is 12.9. The monoisotopic (exact) mass is 293 g/mol. The Kier molecular flexibility index (Phi) is 3.96. The second-order valence-electron chi connectivity index (χ2n) is 5.19. The van der Waals surface area contributed by atoms with Crippen LogP contribution < -0.4 is 10.3 Å². The lowest BCUT2D eigenvalue weighted by molar-refractivity contribution is 0.604. The molecule has 0 spiro atoms. The lowest BCUT2D eigenvalue weighted by atomic mass is 10.0. The van der Waals surface area contributed by atoms with E-state index in [0.29, 0.717) is 16.5 Å².